The van der Waals surface area contributed by atoms with Crippen molar-refractivity contribution < 1.29 is 4.74 Å². The van der Waals surface area contributed by atoms with Gasteiger partial charge in [-0.2, -0.15) is 0 Å². The lowest BCUT2D eigenvalue weighted by Crippen LogP contribution is -2.13. The summed E-state index contributed by atoms with van der Waals surface area (Å²) in [6, 6.07) is 13.8. The molecule has 4 heteroatoms. The van der Waals surface area contributed by atoms with Crippen molar-refractivity contribution >= 4 is 35.0 Å². The van der Waals surface area contributed by atoms with Gasteiger partial charge >= 0.3 is 0 Å². The van der Waals surface area contributed by atoms with E-state index < -0.39 is 0 Å². The molecule has 0 fully saturated rings. The summed E-state index contributed by atoms with van der Waals surface area (Å²) in [5.74, 6) is 0.658. The second kappa shape index (κ2) is 5.66. The molecule has 1 nitrogen and oxygen atoms in total. The molecule has 0 aliphatic carbocycles. The SMILES string of the molecule is Clc1ccc(Cl)c(OCC2Cc3ccccc3S2)c1. The first-order chi connectivity index (χ1) is 9.22. The molecule has 1 unspecified atom stereocenters. The summed E-state index contributed by atoms with van der Waals surface area (Å²) in [6.45, 7) is 0.638. The van der Waals surface area contributed by atoms with Crippen LogP contribution in [0.4, 0.5) is 0 Å². The van der Waals surface area contributed by atoms with Crippen LogP contribution in [0.5, 0.6) is 5.75 Å². The van der Waals surface area contributed by atoms with Gasteiger partial charge in [0, 0.05) is 21.2 Å². The molecule has 0 saturated carbocycles. The number of ether oxygens (including phenoxy) is 1. The summed E-state index contributed by atoms with van der Waals surface area (Å²) in [5, 5.41) is 1.68. The van der Waals surface area contributed by atoms with Crippen molar-refractivity contribution in [3.05, 3.63) is 58.1 Å². The maximum Gasteiger partial charge on any atom is 0.139 e. The first-order valence-corrected chi connectivity index (χ1v) is 7.68. The van der Waals surface area contributed by atoms with Gasteiger partial charge in [-0.25, -0.2) is 0 Å². The standard InChI is InChI=1S/C15H12Cl2OS/c16-11-5-6-13(17)14(8-11)18-9-12-7-10-3-1-2-4-15(10)19-12/h1-6,8,12H,7,9H2. The van der Waals surface area contributed by atoms with Crippen LogP contribution in [-0.2, 0) is 6.42 Å². The van der Waals surface area contributed by atoms with Crippen molar-refractivity contribution in [2.24, 2.45) is 0 Å². The zero-order valence-electron chi connectivity index (χ0n) is 10.1. The van der Waals surface area contributed by atoms with Crippen molar-refractivity contribution in [1.82, 2.24) is 0 Å². The highest BCUT2D eigenvalue weighted by Gasteiger charge is 2.22. The fourth-order valence-corrected chi connectivity index (χ4v) is 3.67. The molecule has 0 aromatic heterocycles. The molecule has 98 valence electrons. The van der Waals surface area contributed by atoms with Crippen molar-refractivity contribution in [3.63, 3.8) is 0 Å². The molecule has 2 aromatic carbocycles. The Balaban J connectivity index is 1.64. The lowest BCUT2D eigenvalue weighted by molar-refractivity contribution is 0.318. The molecule has 0 N–H and O–H groups in total. The number of hydrogen-bond donors (Lipinski definition) is 0. The Kier molecular flexibility index (Phi) is 3.92. The molecular weight excluding hydrogens is 299 g/mol. The van der Waals surface area contributed by atoms with Crippen LogP contribution in [0.2, 0.25) is 10.0 Å². The Morgan fingerprint density at radius 2 is 2.00 bits per heavy atom. The summed E-state index contributed by atoms with van der Waals surface area (Å²) in [5.41, 5.74) is 1.40. The van der Waals surface area contributed by atoms with Crippen molar-refractivity contribution in [3.8, 4) is 5.75 Å². The predicted molar refractivity (Wildman–Crippen MR) is 81.7 cm³/mol. The Morgan fingerprint density at radius 1 is 1.16 bits per heavy atom. The molecule has 0 radical (unpaired) electrons. The van der Waals surface area contributed by atoms with Gasteiger partial charge in [-0.15, -0.1) is 11.8 Å². The van der Waals surface area contributed by atoms with Crippen LogP contribution in [-0.4, -0.2) is 11.9 Å². The number of halogens is 2. The van der Waals surface area contributed by atoms with Crippen LogP contribution < -0.4 is 4.74 Å². The van der Waals surface area contributed by atoms with E-state index in [1.165, 1.54) is 10.5 Å². The lowest BCUT2D eigenvalue weighted by atomic mass is 10.1. The summed E-state index contributed by atoms with van der Waals surface area (Å²) in [6.07, 6.45) is 1.04. The molecule has 1 heterocycles. The van der Waals surface area contributed by atoms with E-state index in [2.05, 4.69) is 24.3 Å². The molecule has 1 atom stereocenters. The van der Waals surface area contributed by atoms with E-state index in [-0.39, 0.29) is 0 Å². The highest BCUT2D eigenvalue weighted by molar-refractivity contribution is 8.00. The van der Waals surface area contributed by atoms with Gasteiger partial charge in [0.15, 0.2) is 0 Å². The van der Waals surface area contributed by atoms with E-state index in [1.807, 2.05) is 11.8 Å². The van der Waals surface area contributed by atoms with Crippen molar-refractivity contribution in [2.45, 2.75) is 16.6 Å². The van der Waals surface area contributed by atoms with Gasteiger partial charge in [0.2, 0.25) is 0 Å². The van der Waals surface area contributed by atoms with Gasteiger partial charge in [-0.1, -0.05) is 41.4 Å². The second-order valence-electron chi connectivity index (χ2n) is 4.44. The Hall–Kier alpha value is -0.830. The smallest absolute Gasteiger partial charge is 0.139 e. The van der Waals surface area contributed by atoms with Crippen LogP contribution >= 0.6 is 35.0 Å². The number of rotatable bonds is 3. The van der Waals surface area contributed by atoms with Crippen LogP contribution in [0.15, 0.2) is 47.4 Å². The molecule has 0 spiro atoms. The maximum atomic E-state index is 6.08. The first-order valence-electron chi connectivity index (χ1n) is 6.05. The van der Waals surface area contributed by atoms with Crippen molar-refractivity contribution in [1.29, 1.82) is 0 Å². The zero-order valence-corrected chi connectivity index (χ0v) is 12.4. The monoisotopic (exact) mass is 310 g/mol. The van der Waals surface area contributed by atoms with Gasteiger partial charge in [-0.05, 0) is 30.2 Å². The molecular formula is C15H12Cl2OS. The fourth-order valence-electron chi connectivity index (χ4n) is 2.12. The first kappa shape index (κ1) is 13.2. The third kappa shape index (κ3) is 3.02. The molecule has 0 bridgehead atoms. The quantitative estimate of drug-likeness (QED) is 0.781. The van der Waals surface area contributed by atoms with E-state index >= 15 is 0 Å². The summed E-state index contributed by atoms with van der Waals surface area (Å²) >= 11 is 13.9. The Bertz CT molecular complexity index is 575. The van der Waals surface area contributed by atoms with Gasteiger partial charge in [0.1, 0.15) is 12.4 Å². The van der Waals surface area contributed by atoms with E-state index in [9.17, 15) is 0 Å². The minimum Gasteiger partial charge on any atom is -0.491 e. The van der Waals surface area contributed by atoms with E-state index in [0.717, 1.165) is 6.42 Å². The van der Waals surface area contributed by atoms with E-state index in [0.29, 0.717) is 27.7 Å². The highest BCUT2D eigenvalue weighted by Crippen LogP contribution is 2.37. The normalized spacial score (nSPS) is 17.3. The minimum absolute atomic E-state index is 0.437. The molecule has 3 rings (SSSR count). The van der Waals surface area contributed by atoms with E-state index in [4.69, 9.17) is 27.9 Å². The molecule has 0 saturated heterocycles. The fraction of sp³-hybridized carbons (Fsp3) is 0.200. The Morgan fingerprint density at radius 3 is 2.84 bits per heavy atom. The lowest BCUT2D eigenvalue weighted by Gasteiger charge is -2.12. The average molecular weight is 311 g/mol. The van der Waals surface area contributed by atoms with Crippen molar-refractivity contribution in [2.75, 3.05) is 6.61 Å². The maximum absolute atomic E-state index is 6.08. The minimum atomic E-state index is 0.437. The average Bonchev–Trinajstić information content (AvgIpc) is 2.82. The van der Waals surface area contributed by atoms with Crippen LogP contribution in [0.25, 0.3) is 0 Å². The zero-order chi connectivity index (χ0) is 13.2. The summed E-state index contributed by atoms with van der Waals surface area (Å²) in [7, 11) is 0. The second-order valence-corrected chi connectivity index (χ2v) is 6.62. The molecule has 19 heavy (non-hydrogen) atoms. The number of thioether (sulfide) groups is 1. The molecule has 1 aliphatic rings. The third-order valence-corrected chi connectivity index (χ3v) is 4.87. The third-order valence-electron chi connectivity index (χ3n) is 3.03. The molecule has 2 aromatic rings. The topological polar surface area (TPSA) is 9.23 Å². The largest absolute Gasteiger partial charge is 0.491 e. The van der Waals surface area contributed by atoms with Crippen LogP contribution in [0, 0.1) is 0 Å². The van der Waals surface area contributed by atoms with Crippen LogP contribution in [0.1, 0.15) is 5.56 Å². The Labute approximate surface area is 126 Å². The van der Waals surface area contributed by atoms with Gasteiger partial charge < -0.3 is 4.74 Å². The number of benzene rings is 2. The van der Waals surface area contributed by atoms with Gasteiger partial charge in [0.05, 0.1) is 5.02 Å². The predicted octanol–water partition coefficient (Wildman–Crippen LogP) is 5.09. The molecule has 1 aliphatic heterocycles. The summed E-state index contributed by atoms with van der Waals surface area (Å²) in [4.78, 5) is 1.35. The number of hydrogen-bond acceptors (Lipinski definition) is 2. The summed E-state index contributed by atoms with van der Waals surface area (Å²) < 4.78 is 5.80. The van der Waals surface area contributed by atoms with E-state index in [1.54, 1.807) is 18.2 Å². The highest BCUT2D eigenvalue weighted by atomic mass is 35.5. The van der Waals surface area contributed by atoms with Gasteiger partial charge in [-0.3, -0.25) is 0 Å². The van der Waals surface area contributed by atoms with Crippen LogP contribution in [0.3, 0.4) is 0 Å². The molecule has 0 amide bonds. The van der Waals surface area contributed by atoms with Gasteiger partial charge in [0.25, 0.3) is 0 Å². The number of fused-ring (bicyclic) bond motifs is 1.